The van der Waals surface area contributed by atoms with Crippen LogP contribution in [-0.2, 0) is 0 Å². The molecule has 0 saturated heterocycles. The van der Waals surface area contributed by atoms with Gasteiger partial charge in [-0.2, -0.15) is 0 Å². The highest BCUT2D eigenvalue weighted by Gasteiger charge is 2.17. The Kier molecular flexibility index (Phi) is 31.5. The summed E-state index contributed by atoms with van der Waals surface area (Å²) in [5, 5.41) is 30.9. The summed E-state index contributed by atoms with van der Waals surface area (Å²) in [6.07, 6.45) is 24.3. The van der Waals surface area contributed by atoms with Gasteiger partial charge in [0, 0.05) is 25.7 Å². The van der Waals surface area contributed by atoms with Crippen LogP contribution in [0, 0.1) is 0 Å². The van der Waals surface area contributed by atoms with E-state index in [1.807, 2.05) is 0 Å². The first kappa shape index (κ1) is 34.9. The van der Waals surface area contributed by atoms with Gasteiger partial charge in [0.2, 0.25) is 0 Å². The summed E-state index contributed by atoms with van der Waals surface area (Å²) >= 11 is 0. The molecule has 0 heterocycles. The lowest BCUT2D eigenvalue weighted by atomic mass is 10.0. The van der Waals surface area contributed by atoms with Gasteiger partial charge >= 0.3 is 0 Å². The van der Waals surface area contributed by atoms with Crippen LogP contribution in [0.2, 0.25) is 0 Å². The Balaban J connectivity index is 0. The molecule has 1 atom stereocenters. The van der Waals surface area contributed by atoms with Crippen LogP contribution in [0.3, 0.4) is 0 Å². The van der Waals surface area contributed by atoms with Gasteiger partial charge in [0.15, 0.2) is 0 Å². The van der Waals surface area contributed by atoms with Crippen molar-refractivity contribution in [1.82, 2.24) is 10.2 Å². The molecule has 0 aromatic heterocycles. The van der Waals surface area contributed by atoms with E-state index in [2.05, 4.69) is 17.1 Å². The molecule has 4 N–H and O–H groups in total. The van der Waals surface area contributed by atoms with E-state index < -0.39 is 0 Å². The average Bonchev–Trinajstić information content (AvgIpc) is 2.80. The maximum Gasteiger partial charge on any atom is 0.0558 e. The molecule has 0 aliphatic heterocycles. The second-order valence-electron chi connectivity index (χ2n) is 9.49. The fourth-order valence-electron chi connectivity index (χ4n) is 4.64. The van der Waals surface area contributed by atoms with Crippen LogP contribution < -0.4 is 5.32 Å². The van der Waals surface area contributed by atoms with E-state index in [1.165, 1.54) is 103 Å². The van der Waals surface area contributed by atoms with Gasteiger partial charge in [-0.25, -0.2) is 0 Å². The van der Waals surface area contributed by atoms with Gasteiger partial charge in [-0.05, 0) is 19.4 Å². The molecule has 0 fully saturated rings. The molecule has 0 radical (unpaired) electrons. The molecule has 0 aliphatic rings. The molecule has 0 aromatic carbocycles. The number of unbranched alkanes of at least 4 members (excludes halogenated alkanes) is 15. The lowest BCUT2D eigenvalue weighted by molar-refractivity contribution is 0.110. The molecule has 0 bridgehead atoms. The highest BCUT2D eigenvalue weighted by atomic mass is 19.0. The number of nitrogens with one attached hydrogen (secondary N) is 1. The predicted octanol–water partition coefficient (Wildman–Crippen LogP) is 5.42. The molecule has 33 heavy (non-hydrogen) atoms. The fourth-order valence-corrected chi connectivity index (χ4v) is 4.64. The van der Waals surface area contributed by atoms with Crippen LogP contribution in [0.4, 0.5) is 4.70 Å². The van der Waals surface area contributed by atoms with E-state index in [-0.39, 0.29) is 24.5 Å². The molecule has 0 aliphatic carbocycles. The van der Waals surface area contributed by atoms with Crippen molar-refractivity contribution in [2.75, 3.05) is 46.0 Å². The van der Waals surface area contributed by atoms with Gasteiger partial charge in [0.25, 0.3) is 0 Å². The SMILES string of the molecule is CCCCCCCCCCCCCCCCCCC(CCNCCO)N(CCO)CCO.F. The van der Waals surface area contributed by atoms with Gasteiger partial charge in [0.05, 0.1) is 19.8 Å². The van der Waals surface area contributed by atoms with E-state index in [1.54, 1.807) is 0 Å². The van der Waals surface area contributed by atoms with Crippen molar-refractivity contribution in [2.24, 2.45) is 0 Å². The molecule has 0 aromatic rings. The minimum Gasteiger partial charge on any atom is -0.395 e. The first-order chi connectivity index (χ1) is 15.8. The zero-order valence-electron chi connectivity index (χ0n) is 22.0. The van der Waals surface area contributed by atoms with Crippen molar-refractivity contribution in [2.45, 2.75) is 129 Å². The summed E-state index contributed by atoms with van der Waals surface area (Å²) in [5.41, 5.74) is 0. The number of hydrogen-bond acceptors (Lipinski definition) is 5. The summed E-state index contributed by atoms with van der Waals surface area (Å²) in [6, 6.07) is 0.395. The maximum absolute atomic E-state index is 9.36. The third-order valence-electron chi connectivity index (χ3n) is 6.62. The third-order valence-corrected chi connectivity index (χ3v) is 6.62. The Morgan fingerprint density at radius 3 is 1.36 bits per heavy atom. The second kappa shape index (κ2) is 29.8. The number of rotatable bonds is 27. The topological polar surface area (TPSA) is 76.0 Å². The quantitative estimate of drug-likeness (QED) is 0.119. The molecule has 0 rings (SSSR count). The Bertz CT molecular complexity index is 345. The van der Waals surface area contributed by atoms with Gasteiger partial charge in [0.1, 0.15) is 0 Å². The Morgan fingerprint density at radius 2 is 0.970 bits per heavy atom. The van der Waals surface area contributed by atoms with E-state index in [4.69, 9.17) is 5.11 Å². The maximum atomic E-state index is 9.36. The smallest absolute Gasteiger partial charge is 0.0558 e. The Hall–Kier alpha value is -0.270. The van der Waals surface area contributed by atoms with Gasteiger partial charge in [-0.1, -0.05) is 110 Å². The van der Waals surface area contributed by atoms with Gasteiger partial charge in [-0.3, -0.25) is 9.60 Å². The van der Waals surface area contributed by atoms with E-state index in [0.717, 1.165) is 19.4 Å². The van der Waals surface area contributed by atoms with Crippen molar-refractivity contribution >= 4 is 0 Å². The lowest BCUT2D eigenvalue weighted by Crippen LogP contribution is -2.41. The fraction of sp³-hybridized carbons (Fsp3) is 1.00. The lowest BCUT2D eigenvalue weighted by Gasteiger charge is -2.31. The number of aliphatic hydroxyl groups is 3. The molecular formula is C27H59FN2O3. The minimum absolute atomic E-state index is 0. The zero-order valence-corrected chi connectivity index (χ0v) is 22.0. The summed E-state index contributed by atoms with van der Waals surface area (Å²) in [5.74, 6) is 0. The van der Waals surface area contributed by atoms with Crippen molar-refractivity contribution in [3.63, 3.8) is 0 Å². The summed E-state index contributed by atoms with van der Waals surface area (Å²) in [6.45, 7) is 5.49. The molecule has 1 unspecified atom stereocenters. The van der Waals surface area contributed by atoms with Crippen LogP contribution in [0.15, 0.2) is 0 Å². The monoisotopic (exact) mass is 478 g/mol. The van der Waals surface area contributed by atoms with Crippen LogP contribution in [0.1, 0.15) is 122 Å². The molecular weight excluding hydrogens is 419 g/mol. The minimum atomic E-state index is 0. The first-order valence-electron chi connectivity index (χ1n) is 14.1. The Labute approximate surface area is 205 Å². The zero-order chi connectivity index (χ0) is 23.5. The van der Waals surface area contributed by atoms with Crippen LogP contribution in [-0.4, -0.2) is 72.3 Å². The number of nitrogens with zero attached hydrogens (tertiary/aromatic N) is 1. The number of aliphatic hydroxyl groups excluding tert-OH is 3. The Morgan fingerprint density at radius 1 is 0.545 bits per heavy atom. The largest absolute Gasteiger partial charge is 0.395 e. The van der Waals surface area contributed by atoms with E-state index in [0.29, 0.717) is 25.7 Å². The van der Waals surface area contributed by atoms with Crippen LogP contribution >= 0.6 is 0 Å². The standard InChI is InChI=1S/C27H58N2O3.FH/c1-2-3-4-5-6-7-8-9-10-11-12-13-14-15-16-17-18-27(19-20-28-21-24-30)29(22-25-31)23-26-32;/h27-28,30-32H,2-26H2,1H3;1H. The van der Waals surface area contributed by atoms with E-state index in [9.17, 15) is 10.2 Å². The van der Waals surface area contributed by atoms with Gasteiger partial charge < -0.3 is 20.6 Å². The molecule has 0 amide bonds. The first-order valence-corrected chi connectivity index (χ1v) is 14.1. The normalized spacial score (nSPS) is 12.3. The molecule has 0 saturated carbocycles. The number of hydrogen-bond donors (Lipinski definition) is 4. The van der Waals surface area contributed by atoms with Crippen molar-refractivity contribution in [3.05, 3.63) is 0 Å². The van der Waals surface area contributed by atoms with Crippen LogP contribution in [0.25, 0.3) is 0 Å². The molecule has 0 spiro atoms. The highest BCUT2D eigenvalue weighted by Crippen LogP contribution is 2.16. The third kappa shape index (κ3) is 24.7. The predicted molar refractivity (Wildman–Crippen MR) is 141 cm³/mol. The number of halogens is 1. The highest BCUT2D eigenvalue weighted by molar-refractivity contribution is 4.73. The van der Waals surface area contributed by atoms with E-state index >= 15 is 0 Å². The molecule has 6 heteroatoms. The van der Waals surface area contributed by atoms with Gasteiger partial charge in [-0.15, -0.1) is 0 Å². The van der Waals surface area contributed by atoms with Crippen LogP contribution in [0.5, 0.6) is 0 Å². The summed E-state index contributed by atoms with van der Waals surface area (Å²) in [4.78, 5) is 2.23. The van der Waals surface area contributed by atoms with Crippen molar-refractivity contribution in [1.29, 1.82) is 0 Å². The molecule has 5 nitrogen and oxygen atoms in total. The second-order valence-corrected chi connectivity index (χ2v) is 9.49. The van der Waals surface area contributed by atoms with Crippen molar-refractivity contribution in [3.8, 4) is 0 Å². The summed E-state index contributed by atoms with van der Waals surface area (Å²) in [7, 11) is 0. The molecule has 202 valence electrons. The average molecular weight is 479 g/mol. The summed E-state index contributed by atoms with van der Waals surface area (Å²) < 4.78 is 0. The van der Waals surface area contributed by atoms with Crippen molar-refractivity contribution < 1.29 is 20.0 Å².